The molecule has 1 aliphatic rings. The van der Waals surface area contributed by atoms with Gasteiger partial charge in [0.15, 0.2) is 0 Å². The lowest BCUT2D eigenvalue weighted by molar-refractivity contribution is -0.122. The number of hydrogen-bond acceptors (Lipinski definition) is 4. The molecule has 0 radical (unpaired) electrons. The Hall–Kier alpha value is -2.93. The second-order valence-electron chi connectivity index (χ2n) is 5.90. The number of nitrogens with zero attached hydrogens (tertiary/aromatic N) is 1. The van der Waals surface area contributed by atoms with Crippen LogP contribution in [-0.4, -0.2) is 29.8 Å². The third kappa shape index (κ3) is 4.25. The number of barbiturate groups is 1. The van der Waals surface area contributed by atoms with E-state index in [0.717, 1.165) is 15.8 Å². The molecule has 6 nitrogen and oxygen atoms in total. The Balaban J connectivity index is 1.88. The Labute approximate surface area is 164 Å². The van der Waals surface area contributed by atoms with Gasteiger partial charge in [-0.15, -0.1) is 0 Å². The second kappa shape index (κ2) is 8.18. The predicted molar refractivity (Wildman–Crippen MR) is 106 cm³/mol. The number of urea groups is 1. The normalized spacial score (nSPS) is 15.9. The summed E-state index contributed by atoms with van der Waals surface area (Å²) < 4.78 is 5.47. The number of carbonyl (C=O) groups excluding carboxylic acids is 3. The predicted octanol–water partition coefficient (Wildman–Crippen LogP) is 3.44. The molecule has 2 aromatic rings. The van der Waals surface area contributed by atoms with Crippen LogP contribution in [0.3, 0.4) is 0 Å². The fourth-order valence-corrected chi connectivity index (χ4v) is 2.73. The monoisotopic (exact) mass is 428 g/mol. The lowest BCUT2D eigenvalue weighted by atomic mass is 10.1. The molecule has 0 aromatic heterocycles. The summed E-state index contributed by atoms with van der Waals surface area (Å²) in [5.41, 5.74) is 1.94. The van der Waals surface area contributed by atoms with Gasteiger partial charge in [0.1, 0.15) is 11.3 Å². The standard InChI is InChI=1S/C20H17BrN2O4/c1-13-2-6-15(7-3-13)23-19(25)17(18(24)22-20(23)26)12-14-4-8-16(9-5-14)27-11-10-21/h2-9,12H,10-11H2,1H3,(H,22,24,26)/b17-12+. The van der Waals surface area contributed by atoms with Crippen LogP contribution in [0.4, 0.5) is 10.5 Å². The molecule has 3 rings (SSSR count). The average Bonchev–Trinajstić information content (AvgIpc) is 2.66. The Morgan fingerprint density at radius 3 is 2.33 bits per heavy atom. The molecule has 0 atom stereocenters. The first-order valence-corrected chi connectivity index (χ1v) is 9.38. The number of nitrogens with one attached hydrogen (secondary N) is 1. The molecule has 1 heterocycles. The van der Waals surface area contributed by atoms with E-state index in [4.69, 9.17) is 4.74 Å². The van der Waals surface area contributed by atoms with Gasteiger partial charge < -0.3 is 4.74 Å². The molecule has 1 N–H and O–H groups in total. The van der Waals surface area contributed by atoms with Crippen molar-refractivity contribution in [3.63, 3.8) is 0 Å². The minimum absolute atomic E-state index is 0.107. The van der Waals surface area contributed by atoms with Gasteiger partial charge in [-0.25, -0.2) is 9.69 Å². The number of alkyl halides is 1. The van der Waals surface area contributed by atoms with Crippen molar-refractivity contribution in [2.75, 3.05) is 16.8 Å². The van der Waals surface area contributed by atoms with E-state index in [1.54, 1.807) is 48.5 Å². The highest BCUT2D eigenvalue weighted by molar-refractivity contribution is 9.09. The van der Waals surface area contributed by atoms with Gasteiger partial charge in [-0.1, -0.05) is 45.8 Å². The average molecular weight is 429 g/mol. The topological polar surface area (TPSA) is 75.7 Å². The highest BCUT2D eigenvalue weighted by atomic mass is 79.9. The first kappa shape index (κ1) is 18.8. The molecule has 0 saturated carbocycles. The number of imide groups is 2. The fraction of sp³-hybridized carbons (Fsp3) is 0.150. The molecule has 27 heavy (non-hydrogen) atoms. The molecular weight excluding hydrogens is 412 g/mol. The van der Waals surface area contributed by atoms with Crippen LogP contribution >= 0.6 is 15.9 Å². The van der Waals surface area contributed by atoms with Crippen LogP contribution in [0.5, 0.6) is 5.75 Å². The van der Waals surface area contributed by atoms with Crippen molar-refractivity contribution in [3.05, 3.63) is 65.2 Å². The van der Waals surface area contributed by atoms with E-state index in [-0.39, 0.29) is 5.57 Å². The molecule has 0 bridgehead atoms. The zero-order chi connectivity index (χ0) is 19.4. The van der Waals surface area contributed by atoms with Gasteiger partial charge in [0.2, 0.25) is 0 Å². The Bertz CT molecular complexity index is 905. The molecule has 0 spiro atoms. The largest absolute Gasteiger partial charge is 0.493 e. The van der Waals surface area contributed by atoms with Gasteiger partial charge in [-0.3, -0.25) is 14.9 Å². The highest BCUT2D eigenvalue weighted by Gasteiger charge is 2.36. The molecule has 1 fully saturated rings. The van der Waals surface area contributed by atoms with Crippen LogP contribution in [0, 0.1) is 6.92 Å². The first-order valence-electron chi connectivity index (χ1n) is 8.26. The number of benzene rings is 2. The Morgan fingerprint density at radius 1 is 1.04 bits per heavy atom. The maximum atomic E-state index is 12.8. The summed E-state index contributed by atoms with van der Waals surface area (Å²) in [6.07, 6.45) is 1.46. The van der Waals surface area contributed by atoms with Crippen LogP contribution in [0.25, 0.3) is 6.08 Å². The summed E-state index contributed by atoms with van der Waals surface area (Å²) in [5.74, 6) is -0.687. The van der Waals surface area contributed by atoms with Gasteiger partial charge in [0.25, 0.3) is 11.8 Å². The van der Waals surface area contributed by atoms with Crippen LogP contribution in [0.2, 0.25) is 0 Å². The van der Waals surface area contributed by atoms with Crippen molar-refractivity contribution in [1.82, 2.24) is 5.32 Å². The van der Waals surface area contributed by atoms with Crippen LogP contribution < -0.4 is 15.0 Å². The van der Waals surface area contributed by atoms with E-state index in [0.29, 0.717) is 23.6 Å². The number of ether oxygens (including phenoxy) is 1. The molecule has 2 aromatic carbocycles. The maximum absolute atomic E-state index is 12.8. The number of amides is 4. The van der Waals surface area contributed by atoms with Gasteiger partial charge >= 0.3 is 6.03 Å². The summed E-state index contributed by atoms with van der Waals surface area (Å²) in [7, 11) is 0. The molecule has 138 valence electrons. The molecule has 1 aliphatic heterocycles. The van der Waals surface area contributed by atoms with Crippen LogP contribution in [0.15, 0.2) is 54.1 Å². The SMILES string of the molecule is Cc1ccc(N2C(=O)NC(=O)/C(=C\c3ccc(OCCBr)cc3)C2=O)cc1. The van der Waals surface area contributed by atoms with Crippen LogP contribution in [-0.2, 0) is 9.59 Å². The lowest BCUT2D eigenvalue weighted by Gasteiger charge is -2.26. The maximum Gasteiger partial charge on any atom is 0.335 e. The second-order valence-corrected chi connectivity index (χ2v) is 6.69. The van der Waals surface area contributed by atoms with E-state index >= 15 is 0 Å². The van der Waals surface area contributed by atoms with Crippen molar-refractivity contribution in [3.8, 4) is 5.75 Å². The third-order valence-electron chi connectivity index (χ3n) is 3.93. The summed E-state index contributed by atoms with van der Waals surface area (Å²) >= 11 is 3.29. The number of aryl methyl sites for hydroxylation is 1. The van der Waals surface area contributed by atoms with E-state index in [9.17, 15) is 14.4 Å². The first-order chi connectivity index (χ1) is 13.0. The van der Waals surface area contributed by atoms with Gasteiger partial charge in [0.05, 0.1) is 12.3 Å². The zero-order valence-electron chi connectivity index (χ0n) is 14.6. The van der Waals surface area contributed by atoms with Gasteiger partial charge in [0, 0.05) is 5.33 Å². The van der Waals surface area contributed by atoms with E-state index in [1.165, 1.54) is 6.08 Å². The summed E-state index contributed by atoms with van der Waals surface area (Å²) in [6.45, 7) is 2.44. The molecule has 1 saturated heterocycles. The van der Waals surface area contributed by atoms with Gasteiger partial charge in [-0.05, 0) is 42.8 Å². The minimum Gasteiger partial charge on any atom is -0.493 e. The van der Waals surface area contributed by atoms with E-state index < -0.39 is 17.8 Å². The number of halogens is 1. The summed E-state index contributed by atoms with van der Waals surface area (Å²) in [4.78, 5) is 38.1. The lowest BCUT2D eigenvalue weighted by Crippen LogP contribution is -2.54. The summed E-state index contributed by atoms with van der Waals surface area (Å²) in [5, 5.41) is 2.93. The molecule has 4 amide bonds. The van der Waals surface area contributed by atoms with Crippen molar-refractivity contribution in [1.29, 1.82) is 0 Å². The summed E-state index contributed by atoms with van der Waals surface area (Å²) in [6, 6.07) is 13.1. The quantitative estimate of drug-likeness (QED) is 0.449. The number of carbonyl (C=O) groups is 3. The number of hydrogen-bond donors (Lipinski definition) is 1. The molecule has 0 unspecified atom stereocenters. The molecule has 0 aliphatic carbocycles. The molecule has 7 heteroatoms. The van der Waals surface area contributed by atoms with Crippen molar-refractivity contribution >= 4 is 45.5 Å². The van der Waals surface area contributed by atoms with Crippen molar-refractivity contribution in [2.45, 2.75) is 6.92 Å². The number of rotatable bonds is 5. The number of anilines is 1. The van der Waals surface area contributed by atoms with E-state index in [1.807, 2.05) is 6.92 Å². The Morgan fingerprint density at radius 2 is 1.70 bits per heavy atom. The smallest absolute Gasteiger partial charge is 0.335 e. The van der Waals surface area contributed by atoms with E-state index in [2.05, 4.69) is 21.2 Å². The fourth-order valence-electron chi connectivity index (χ4n) is 2.57. The van der Waals surface area contributed by atoms with Crippen molar-refractivity contribution < 1.29 is 19.1 Å². The molecular formula is C20H17BrN2O4. The Kier molecular flexibility index (Phi) is 5.71. The zero-order valence-corrected chi connectivity index (χ0v) is 16.2. The minimum atomic E-state index is -0.760. The third-order valence-corrected chi connectivity index (χ3v) is 4.25. The van der Waals surface area contributed by atoms with Gasteiger partial charge in [-0.2, -0.15) is 0 Å². The highest BCUT2D eigenvalue weighted by Crippen LogP contribution is 2.23. The van der Waals surface area contributed by atoms with Crippen molar-refractivity contribution in [2.24, 2.45) is 0 Å². The van der Waals surface area contributed by atoms with Crippen LogP contribution in [0.1, 0.15) is 11.1 Å².